The van der Waals surface area contributed by atoms with Crippen molar-refractivity contribution < 1.29 is 18.7 Å². The predicted octanol–water partition coefficient (Wildman–Crippen LogP) is 4.68. The number of hydrogen-bond acceptors (Lipinski definition) is 5. The van der Waals surface area contributed by atoms with Crippen LogP contribution in [0.1, 0.15) is 48.8 Å². The molecule has 1 N–H and O–H groups in total. The number of carbonyl (C=O) groups is 1. The van der Waals surface area contributed by atoms with E-state index in [9.17, 15) is 9.59 Å². The van der Waals surface area contributed by atoms with Gasteiger partial charge in [0.2, 0.25) is 5.91 Å². The standard InChI is InChI=1S/C27H31NO5/c1-18-20-11-10-19(31-2)16-24(20)33-26(30)21(18)12-13-25(29)28-17-27(14-6-7-15-27)22-8-4-5-9-23(22)32-3/h4-5,8-11,16H,6-7,12-15,17H2,1-3H3,(H,28,29). The molecule has 2 aromatic carbocycles. The van der Waals surface area contributed by atoms with Crippen LogP contribution in [0.15, 0.2) is 51.7 Å². The third kappa shape index (κ3) is 4.61. The van der Waals surface area contributed by atoms with E-state index in [0.29, 0.717) is 29.9 Å². The Morgan fingerprint density at radius 1 is 1.09 bits per heavy atom. The molecule has 174 valence electrons. The smallest absolute Gasteiger partial charge is 0.339 e. The van der Waals surface area contributed by atoms with Gasteiger partial charge in [0.1, 0.15) is 17.1 Å². The van der Waals surface area contributed by atoms with Crippen molar-refractivity contribution in [1.82, 2.24) is 5.32 Å². The van der Waals surface area contributed by atoms with Crippen LogP contribution in [-0.4, -0.2) is 26.7 Å². The summed E-state index contributed by atoms with van der Waals surface area (Å²) in [6, 6.07) is 13.5. The van der Waals surface area contributed by atoms with Gasteiger partial charge in [-0.3, -0.25) is 4.79 Å². The first kappa shape index (κ1) is 22.9. The predicted molar refractivity (Wildman–Crippen MR) is 128 cm³/mol. The molecule has 0 aliphatic heterocycles. The number of fused-ring (bicyclic) bond motifs is 1. The van der Waals surface area contributed by atoms with Crippen LogP contribution in [0.4, 0.5) is 0 Å². The van der Waals surface area contributed by atoms with E-state index >= 15 is 0 Å². The fraction of sp³-hybridized carbons (Fsp3) is 0.407. The summed E-state index contributed by atoms with van der Waals surface area (Å²) in [6.45, 7) is 2.46. The first-order valence-electron chi connectivity index (χ1n) is 11.5. The summed E-state index contributed by atoms with van der Waals surface area (Å²) in [5, 5.41) is 3.99. The van der Waals surface area contributed by atoms with E-state index in [0.717, 1.165) is 47.9 Å². The Morgan fingerprint density at radius 2 is 1.85 bits per heavy atom. The second-order valence-electron chi connectivity index (χ2n) is 8.82. The van der Waals surface area contributed by atoms with Crippen molar-refractivity contribution >= 4 is 16.9 Å². The second-order valence-corrected chi connectivity index (χ2v) is 8.82. The number of ether oxygens (including phenoxy) is 2. The van der Waals surface area contributed by atoms with Crippen molar-refractivity contribution in [3.05, 3.63) is 69.6 Å². The summed E-state index contributed by atoms with van der Waals surface area (Å²) in [6.07, 6.45) is 4.87. The van der Waals surface area contributed by atoms with Gasteiger partial charge in [-0.2, -0.15) is 0 Å². The Bertz CT molecular complexity index is 1210. The minimum absolute atomic E-state index is 0.0650. The molecule has 1 aromatic heterocycles. The number of methoxy groups -OCH3 is 2. The third-order valence-corrected chi connectivity index (χ3v) is 6.96. The van der Waals surface area contributed by atoms with Crippen LogP contribution in [0.5, 0.6) is 11.5 Å². The molecule has 0 unspecified atom stereocenters. The monoisotopic (exact) mass is 449 g/mol. The maximum absolute atomic E-state index is 12.8. The van der Waals surface area contributed by atoms with Gasteiger partial charge in [0, 0.05) is 41.0 Å². The molecule has 3 aromatic rings. The van der Waals surface area contributed by atoms with Crippen LogP contribution in [0.2, 0.25) is 0 Å². The fourth-order valence-electron chi connectivity index (χ4n) is 5.06. The molecule has 0 atom stereocenters. The normalized spacial score (nSPS) is 14.9. The van der Waals surface area contributed by atoms with Gasteiger partial charge in [0.25, 0.3) is 0 Å². The van der Waals surface area contributed by atoms with E-state index < -0.39 is 5.63 Å². The highest BCUT2D eigenvalue weighted by Crippen LogP contribution is 2.44. The lowest BCUT2D eigenvalue weighted by Gasteiger charge is -2.31. The molecule has 0 saturated heterocycles. The van der Waals surface area contributed by atoms with E-state index in [-0.39, 0.29) is 17.7 Å². The van der Waals surface area contributed by atoms with Crippen molar-refractivity contribution in [2.75, 3.05) is 20.8 Å². The molecule has 0 radical (unpaired) electrons. The Hall–Kier alpha value is -3.28. The molecule has 6 heteroatoms. The number of para-hydroxylation sites is 1. The molecule has 1 saturated carbocycles. The van der Waals surface area contributed by atoms with Gasteiger partial charge in [0.15, 0.2) is 0 Å². The van der Waals surface area contributed by atoms with Gasteiger partial charge in [0.05, 0.1) is 14.2 Å². The van der Waals surface area contributed by atoms with E-state index in [1.807, 2.05) is 37.3 Å². The van der Waals surface area contributed by atoms with Crippen LogP contribution in [0.25, 0.3) is 11.0 Å². The number of benzene rings is 2. The van der Waals surface area contributed by atoms with Crippen LogP contribution in [0, 0.1) is 6.92 Å². The van der Waals surface area contributed by atoms with Crippen molar-refractivity contribution in [2.45, 2.75) is 50.9 Å². The third-order valence-electron chi connectivity index (χ3n) is 6.96. The van der Waals surface area contributed by atoms with Gasteiger partial charge < -0.3 is 19.2 Å². The largest absolute Gasteiger partial charge is 0.497 e. The Morgan fingerprint density at radius 3 is 2.58 bits per heavy atom. The number of nitrogens with one attached hydrogen (secondary N) is 1. The topological polar surface area (TPSA) is 77.8 Å². The molecule has 1 amide bonds. The van der Waals surface area contributed by atoms with Crippen molar-refractivity contribution in [2.24, 2.45) is 0 Å². The second kappa shape index (κ2) is 9.69. The summed E-state index contributed by atoms with van der Waals surface area (Å²) in [7, 11) is 3.26. The van der Waals surface area contributed by atoms with E-state index in [2.05, 4.69) is 11.4 Å². The highest BCUT2D eigenvalue weighted by atomic mass is 16.5. The quantitative estimate of drug-likeness (QED) is 0.505. The highest BCUT2D eigenvalue weighted by Gasteiger charge is 2.38. The number of carbonyl (C=O) groups excluding carboxylic acids is 1. The summed E-state index contributed by atoms with van der Waals surface area (Å²) >= 11 is 0. The molecule has 0 bridgehead atoms. The average Bonchev–Trinajstić information content (AvgIpc) is 3.32. The van der Waals surface area contributed by atoms with Crippen molar-refractivity contribution in [3.63, 3.8) is 0 Å². The maximum Gasteiger partial charge on any atom is 0.339 e. The molecular formula is C27H31NO5. The lowest BCUT2D eigenvalue weighted by molar-refractivity contribution is -0.121. The minimum Gasteiger partial charge on any atom is -0.497 e. The van der Waals surface area contributed by atoms with E-state index in [1.54, 1.807) is 20.3 Å². The van der Waals surface area contributed by atoms with E-state index in [1.165, 1.54) is 0 Å². The molecule has 1 aliphatic rings. The van der Waals surface area contributed by atoms with Gasteiger partial charge in [-0.05, 0) is 49.9 Å². The first-order chi connectivity index (χ1) is 16.0. The zero-order valence-corrected chi connectivity index (χ0v) is 19.5. The van der Waals surface area contributed by atoms with Gasteiger partial charge in [-0.15, -0.1) is 0 Å². The summed E-state index contributed by atoms with van der Waals surface area (Å²) in [5.74, 6) is 1.44. The molecular weight excluding hydrogens is 418 g/mol. The molecule has 1 heterocycles. The van der Waals surface area contributed by atoms with Gasteiger partial charge in [-0.25, -0.2) is 4.79 Å². The van der Waals surface area contributed by atoms with Crippen molar-refractivity contribution in [3.8, 4) is 11.5 Å². The molecule has 4 rings (SSSR count). The minimum atomic E-state index is -0.401. The molecule has 1 fully saturated rings. The molecule has 33 heavy (non-hydrogen) atoms. The van der Waals surface area contributed by atoms with Crippen LogP contribution in [0.3, 0.4) is 0 Å². The molecule has 1 aliphatic carbocycles. The van der Waals surface area contributed by atoms with Crippen LogP contribution < -0.4 is 20.4 Å². The van der Waals surface area contributed by atoms with Crippen LogP contribution >= 0.6 is 0 Å². The number of aryl methyl sites for hydroxylation is 1. The maximum atomic E-state index is 12.8. The SMILES string of the molecule is COc1ccc2c(C)c(CCC(=O)NCC3(c4ccccc4OC)CCCC3)c(=O)oc2c1. The van der Waals surface area contributed by atoms with Crippen molar-refractivity contribution in [1.29, 1.82) is 0 Å². The lowest BCUT2D eigenvalue weighted by atomic mass is 9.78. The number of amides is 1. The average molecular weight is 450 g/mol. The van der Waals surface area contributed by atoms with Gasteiger partial charge in [-0.1, -0.05) is 31.0 Å². The zero-order chi connectivity index (χ0) is 23.4. The van der Waals surface area contributed by atoms with Crippen LogP contribution in [-0.2, 0) is 16.6 Å². The van der Waals surface area contributed by atoms with Gasteiger partial charge >= 0.3 is 5.63 Å². The molecule has 0 spiro atoms. The Kier molecular flexibility index (Phi) is 6.72. The Balaban J connectivity index is 1.46. The number of hydrogen-bond donors (Lipinski definition) is 1. The molecule has 6 nitrogen and oxygen atoms in total. The number of rotatable bonds is 8. The highest BCUT2D eigenvalue weighted by molar-refractivity contribution is 5.82. The summed E-state index contributed by atoms with van der Waals surface area (Å²) in [4.78, 5) is 25.4. The summed E-state index contributed by atoms with van der Waals surface area (Å²) in [5.41, 5.74) is 2.53. The Labute approximate surface area is 193 Å². The fourth-order valence-corrected chi connectivity index (χ4v) is 5.06. The zero-order valence-electron chi connectivity index (χ0n) is 19.5. The first-order valence-corrected chi connectivity index (χ1v) is 11.5. The summed E-state index contributed by atoms with van der Waals surface area (Å²) < 4.78 is 16.3. The lowest BCUT2D eigenvalue weighted by Crippen LogP contribution is -2.39. The van der Waals surface area contributed by atoms with E-state index in [4.69, 9.17) is 13.9 Å².